The van der Waals surface area contributed by atoms with Crippen LogP contribution in [0.1, 0.15) is 68.9 Å². The number of likely N-dealkylation sites (N-methyl/N-ethyl adjacent to an activating group) is 3. The molecule has 3 N–H and O–H groups in total. The van der Waals surface area contributed by atoms with Crippen molar-refractivity contribution in [3.63, 3.8) is 0 Å². The van der Waals surface area contributed by atoms with Crippen LogP contribution in [0.25, 0.3) is 0 Å². The Morgan fingerprint density at radius 3 is 1.30 bits per heavy atom. The van der Waals surface area contributed by atoms with E-state index >= 15 is 0 Å². The first kappa shape index (κ1) is 52.6. The van der Waals surface area contributed by atoms with Crippen molar-refractivity contribution < 1.29 is 19.3 Å². The molecule has 1 fully saturated rings. The van der Waals surface area contributed by atoms with E-state index in [4.69, 9.17) is 49.0 Å². The van der Waals surface area contributed by atoms with Crippen LogP contribution in [0, 0.1) is 0 Å². The van der Waals surface area contributed by atoms with Crippen molar-refractivity contribution in [3.05, 3.63) is 176 Å². The predicted molar refractivity (Wildman–Crippen MR) is 295 cm³/mol. The molecule has 0 saturated carbocycles. The fraction of sp³-hybridized carbons (Fsp3) is 0.308. The first-order valence-electron chi connectivity index (χ1n) is 21.8. The molecule has 6 atom stereocenters. The molecule has 10 rings (SSSR count). The molecule has 67 heavy (non-hydrogen) atoms. The first-order chi connectivity index (χ1) is 32.2. The highest BCUT2D eigenvalue weighted by Gasteiger charge is 2.39. The number of rotatable bonds is 6. The molecule has 0 radical (unpaired) electrons. The summed E-state index contributed by atoms with van der Waals surface area (Å²) in [7, 11) is 6.09. The van der Waals surface area contributed by atoms with E-state index in [0.717, 1.165) is 92.7 Å². The van der Waals surface area contributed by atoms with Crippen molar-refractivity contribution >= 4 is 114 Å². The van der Waals surface area contributed by atoms with Gasteiger partial charge in [-0.2, -0.15) is 0 Å². The lowest BCUT2D eigenvalue weighted by atomic mass is 9.82. The fourth-order valence-corrected chi connectivity index (χ4v) is 10.9. The van der Waals surface area contributed by atoms with Crippen LogP contribution in [0.5, 0.6) is 34.5 Å². The van der Waals surface area contributed by atoms with Gasteiger partial charge in [-0.3, -0.25) is 0 Å². The molecule has 0 aliphatic carbocycles. The maximum Gasteiger partial charge on any atom is 0.189 e. The summed E-state index contributed by atoms with van der Waals surface area (Å²) in [5.41, 5.74) is 7.02. The molecule has 0 spiro atoms. The Hall–Kier alpha value is -2.17. The van der Waals surface area contributed by atoms with Gasteiger partial charge in [-0.05, 0) is 174 Å². The molecule has 354 valence electrons. The molecule has 6 aromatic carbocycles. The minimum Gasteiger partial charge on any atom is -0.457 e. The van der Waals surface area contributed by atoms with Gasteiger partial charge in [0.25, 0.3) is 0 Å². The molecular weight excluding hydrogens is 1240 g/mol. The third kappa shape index (κ3) is 13.2. The average Bonchev–Trinajstić information content (AvgIpc) is 3.50. The molecule has 0 bridgehead atoms. The van der Waals surface area contributed by atoms with Crippen LogP contribution >= 0.6 is 114 Å². The van der Waals surface area contributed by atoms with E-state index in [1.165, 1.54) is 16.7 Å². The van der Waals surface area contributed by atoms with Gasteiger partial charge in [-0.1, -0.05) is 105 Å². The standard InChI is InChI=1S/C17H17BrClNO.C17H18ClNO2.C17H16ClNO.CBr4/c1-20-10-15-12-4-2-3-5-16(12)21-17-7-6-11(19)8-13(17)14(15)9-18;1-19-9-14-12-4-2-3-5-16(12)21-17-7-6-11(18)8-13(17)15(14)10-20;1-19-9-14-12-4-2-3-5-16(12)20-17-7-6-11(18)8-13(17)15(14)10-19;2-1(3,4)5/h2-8,14-15,20H,9-10H2,1H3;2-8,14-15,19-20H,9-10H2,1H3;2-8,14-15H,9-10H2,1H3;/t3*14-,15-;/m000./s1. The number of fused-ring (bicyclic) bond motifs is 9. The minimum absolute atomic E-state index is 0.0465. The van der Waals surface area contributed by atoms with Gasteiger partial charge >= 0.3 is 0 Å². The molecule has 4 aliphatic rings. The Morgan fingerprint density at radius 2 is 0.866 bits per heavy atom. The van der Waals surface area contributed by atoms with Gasteiger partial charge in [0.2, 0.25) is 0 Å². The van der Waals surface area contributed by atoms with Gasteiger partial charge < -0.3 is 34.9 Å². The van der Waals surface area contributed by atoms with E-state index in [1.54, 1.807) is 0 Å². The number of para-hydroxylation sites is 3. The second-order valence-corrected chi connectivity index (χ2v) is 29.8. The summed E-state index contributed by atoms with van der Waals surface area (Å²) in [6.07, 6.45) is 0. The summed E-state index contributed by atoms with van der Waals surface area (Å²) in [6, 6.07) is 42.1. The van der Waals surface area contributed by atoms with Crippen LogP contribution in [0.4, 0.5) is 0 Å². The predicted octanol–water partition coefficient (Wildman–Crippen LogP) is 15.9. The number of alkyl halides is 5. The zero-order valence-electron chi connectivity index (χ0n) is 37.0. The molecule has 15 heteroatoms. The Balaban J connectivity index is 0.000000142. The second-order valence-electron chi connectivity index (χ2n) is 16.7. The molecule has 0 unspecified atom stereocenters. The van der Waals surface area contributed by atoms with Crippen molar-refractivity contribution in [2.45, 2.75) is 36.6 Å². The maximum atomic E-state index is 9.95. The van der Waals surface area contributed by atoms with E-state index in [9.17, 15) is 5.11 Å². The monoisotopic (exact) mass is 1280 g/mol. The second kappa shape index (κ2) is 24.3. The molecule has 0 aromatic heterocycles. The zero-order chi connectivity index (χ0) is 47.8. The number of ether oxygens (including phenoxy) is 3. The summed E-state index contributed by atoms with van der Waals surface area (Å²) in [5.74, 6) is 7.06. The number of hydrogen-bond donors (Lipinski definition) is 3. The molecule has 4 aliphatic heterocycles. The number of nitrogens with zero attached hydrogens (tertiary/aromatic N) is 1. The third-order valence-corrected chi connectivity index (χ3v) is 13.8. The Bertz CT molecular complexity index is 2500. The normalized spacial score (nSPS) is 20.8. The number of benzene rings is 6. The molecule has 0 amide bonds. The topological polar surface area (TPSA) is 75.2 Å². The number of likely N-dealkylation sites (tertiary alicyclic amines) is 1. The highest BCUT2D eigenvalue weighted by molar-refractivity contribution is 9.52. The summed E-state index contributed by atoms with van der Waals surface area (Å²) < 4.78 is 18.1. The van der Waals surface area contributed by atoms with Crippen LogP contribution in [-0.4, -0.2) is 70.3 Å². The summed E-state index contributed by atoms with van der Waals surface area (Å²) in [6.45, 7) is 3.82. The van der Waals surface area contributed by atoms with Crippen LogP contribution in [0.15, 0.2) is 127 Å². The van der Waals surface area contributed by atoms with Crippen LogP contribution in [0.3, 0.4) is 0 Å². The minimum atomic E-state index is -0.250. The van der Waals surface area contributed by atoms with Gasteiger partial charge in [0.05, 0.1) is 6.61 Å². The van der Waals surface area contributed by atoms with Crippen LogP contribution in [0.2, 0.25) is 15.1 Å². The summed E-state index contributed by atoms with van der Waals surface area (Å²) in [4.78, 5) is 2.39. The van der Waals surface area contributed by atoms with Crippen molar-refractivity contribution in [1.29, 1.82) is 0 Å². The van der Waals surface area contributed by atoms with Crippen LogP contribution in [-0.2, 0) is 0 Å². The quantitative estimate of drug-likeness (QED) is 0.144. The number of hydrogen-bond acceptors (Lipinski definition) is 7. The Labute approximate surface area is 451 Å². The van der Waals surface area contributed by atoms with Gasteiger partial charge in [-0.15, -0.1) is 0 Å². The van der Waals surface area contributed by atoms with E-state index in [0.29, 0.717) is 28.7 Å². The fourth-order valence-electron chi connectivity index (χ4n) is 9.56. The number of nitrogens with one attached hydrogen (secondary N) is 2. The van der Waals surface area contributed by atoms with Gasteiger partial charge in [0, 0.05) is 98.8 Å². The third-order valence-electron chi connectivity index (χ3n) is 12.4. The number of halogens is 8. The largest absolute Gasteiger partial charge is 0.457 e. The molecule has 7 nitrogen and oxygen atoms in total. The Kier molecular flexibility index (Phi) is 19.1. The van der Waals surface area contributed by atoms with E-state index < -0.39 is 0 Å². The number of aliphatic hydroxyl groups is 1. The average molecular weight is 1290 g/mol. The zero-order valence-corrected chi connectivity index (χ0v) is 47.2. The molecule has 4 heterocycles. The van der Waals surface area contributed by atoms with Gasteiger partial charge in [0.15, 0.2) is 1.05 Å². The Morgan fingerprint density at radius 1 is 0.522 bits per heavy atom. The van der Waals surface area contributed by atoms with Crippen molar-refractivity contribution in [3.8, 4) is 34.5 Å². The van der Waals surface area contributed by atoms with Crippen molar-refractivity contribution in [2.75, 3.05) is 59.3 Å². The molecule has 1 saturated heterocycles. The van der Waals surface area contributed by atoms with Gasteiger partial charge in [-0.25, -0.2) is 0 Å². The molecular formula is C52H51Br5Cl3N3O4. The maximum absolute atomic E-state index is 9.95. The summed E-state index contributed by atoms with van der Waals surface area (Å²) in [5, 5.41) is 19.5. The van der Waals surface area contributed by atoms with Crippen molar-refractivity contribution in [2.24, 2.45) is 0 Å². The lowest BCUT2D eigenvalue weighted by molar-refractivity contribution is 0.247. The number of aliphatic hydroxyl groups excluding tert-OH is 1. The summed E-state index contributed by atoms with van der Waals surface area (Å²) >= 11 is 34.7. The van der Waals surface area contributed by atoms with Crippen molar-refractivity contribution in [1.82, 2.24) is 15.5 Å². The van der Waals surface area contributed by atoms with E-state index in [2.05, 4.69) is 145 Å². The first-order valence-corrected chi connectivity index (χ1v) is 27.2. The van der Waals surface area contributed by atoms with Gasteiger partial charge in [0.1, 0.15) is 34.5 Å². The highest BCUT2D eigenvalue weighted by atomic mass is 80.0. The van der Waals surface area contributed by atoms with E-state index in [1.807, 2.05) is 99.0 Å². The van der Waals surface area contributed by atoms with E-state index in [-0.39, 0.29) is 19.5 Å². The smallest absolute Gasteiger partial charge is 0.189 e. The SMILES string of the molecule is BrC(Br)(Br)Br.CN1C[C@H]2c3ccccc3Oc3ccc(Cl)cc3[C@@H]2C1.CNC[C@H]1c2ccccc2Oc2ccc(Cl)cc2[C@@H]1CBr.CNC[C@H]1c2ccccc2Oc2ccc(Cl)cc2[C@@H]1CO. The molecule has 6 aromatic rings. The lowest BCUT2D eigenvalue weighted by Gasteiger charge is -2.25. The highest BCUT2D eigenvalue weighted by Crippen LogP contribution is 2.51. The lowest BCUT2D eigenvalue weighted by Crippen LogP contribution is -2.24. The van der Waals surface area contributed by atoms with Crippen LogP contribution < -0.4 is 24.8 Å².